The normalized spacial score (nSPS) is 10.4. The molecule has 2 rings (SSSR count). The Bertz CT molecular complexity index is 613. The largest absolute Gasteiger partial charge is 0.333 e. The van der Waals surface area contributed by atoms with Gasteiger partial charge in [0, 0.05) is 24.7 Å². The van der Waals surface area contributed by atoms with Crippen molar-refractivity contribution in [3.63, 3.8) is 0 Å². The fourth-order valence-electron chi connectivity index (χ4n) is 2.24. The standard InChI is InChI=1S/C17H19ClN2O/c1-13-8-9-16(14(2)19-13)17(21)20(11-10-18)12-15-6-4-3-5-7-15/h3-9H,10-12H2,1-2H3. The van der Waals surface area contributed by atoms with Crippen molar-refractivity contribution in [3.8, 4) is 0 Å². The number of alkyl halides is 1. The highest BCUT2D eigenvalue weighted by molar-refractivity contribution is 6.18. The molecule has 0 aliphatic heterocycles. The number of rotatable bonds is 5. The molecule has 0 saturated heterocycles. The SMILES string of the molecule is Cc1ccc(C(=O)N(CCCl)Cc2ccccc2)c(C)n1. The third kappa shape index (κ3) is 4.05. The summed E-state index contributed by atoms with van der Waals surface area (Å²) in [5, 5.41) is 0. The third-order valence-corrected chi connectivity index (χ3v) is 3.48. The van der Waals surface area contributed by atoms with E-state index in [1.807, 2.05) is 56.3 Å². The van der Waals surface area contributed by atoms with Crippen molar-refractivity contribution < 1.29 is 4.79 Å². The van der Waals surface area contributed by atoms with Gasteiger partial charge in [0.15, 0.2) is 0 Å². The van der Waals surface area contributed by atoms with Gasteiger partial charge >= 0.3 is 0 Å². The van der Waals surface area contributed by atoms with Crippen molar-refractivity contribution in [3.05, 3.63) is 65.0 Å². The first kappa shape index (κ1) is 15.5. The van der Waals surface area contributed by atoms with E-state index in [0.29, 0.717) is 24.5 Å². The number of aromatic nitrogens is 1. The van der Waals surface area contributed by atoms with Crippen LogP contribution in [0.15, 0.2) is 42.5 Å². The van der Waals surface area contributed by atoms with Crippen molar-refractivity contribution in [2.75, 3.05) is 12.4 Å². The molecule has 1 amide bonds. The average Bonchev–Trinajstić information content (AvgIpc) is 2.47. The van der Waals surface area contributed by atoms with Crippen LogP contribution in [-0.2, 0) is 6.54 Å². The van der Waals surface area contributed by atoms with E-state index in [4.69, 9.17) is 11.6 Å². The van der Waals surface area contributed by atoms with Gasteiger partial charge in [0.1, 0.15) is 0 Å². The Morgan fingerprint density at radius 2 is 1.86 bits per heavy atom. The maximum Gasteiger partial charge on any atom is 0.256 e. The molecule has 0 bridgehead atoms. The van der Waals surface area contributed by atoms with Gasteiger partial charge in [-0.05, 0) is 31.5 Å². The molecular formula is C17H19ClN2O. The summed E-state index contributed by atoms with van der Waals surface area (Å²) in [6.45, 7) is 4.85. The van der Waals surface area contributed by atoms with Crippen LogP contribution in [0, 0.1) is 13.8 Å². The molecule has 0 atom stereocenters. The van der Waals surface area contributed by atoms with Crippen LogP contribution in [0.2, 0.25) is 0 Å². The fourth-order valence-corrected chi connectivity index (χ4v) is 2.45. The lowest BCUT2D eigenvalue weighted by Gasteiger charge is -2.22. The minimum atomic E-state index is -0.0236. The van der Waals surface area contributed by atoms with Gasteiger partial charge in [-0.3, -0.25) is 9.78 Å². The van der Waals surface area contributed by atoms with E-state index >= 15 is 0 Å². The summed E-state index contributed by atoms with van der Waals surface area (Å²) in [6, 6.07) is 13.6. The van der Waals surface area contributed by atoms with Gasteiger partial charge in [0.25, 0.3) is 5.91 Å². The first-order valence-electron chi connectivity index (χ1n) is 6.95. The van der Waals surface area contributed by atoms with Crippen LogP contribution in [0.5, 0.6) is 0 Å². The Morgan fingerprint density at radius 3 is 2.48 bits per heavy atom. The number of carbonyl (C=O) groups excluding carboxylic acids is 1. The molecule has 21 heavy (non-hydrogen) atoms. The Hall–Kier alpha value is -1.87. The molecule has 0 aliphatic rings. The van der Waals surface area contributed by atoms with Crippen molar-refractivity contribution in [2.45, 2.75) is 20.4 Å². The summed E-state index contributed by atoms with van der Waals surface area (Å²) in [5.41, 5.74) is 3.40. The second-order valence-electron chi connectivity index (χ2n) is 4.99. The number of pyridine rings is 1. The molecule has 0 spiro atoms. The molecule has 3 nitrogen and oxygen atoms in total. The van der Waals surface area contributed by atoms with Crippen LogP contribution in [0.1, 0.15) is 27.3 Å². The minimum absolute atomic E-state index is 0.0236. The van der Waals surface area contributed by atoms with E-state index in [0.717, 1.165) is 17.0 Å². The molecule has 0 unspecified atom stereocenters. The topological polar surface area (TPSA) is 33.2 Å². The van der Waals surface area contributed by atoms with Crippen LogP contribution in [-0.4, -0.2) is 28.2 Å². The van der Waals surface area contributed by atoms with Gasteiger partial charge in [-0.2, -0.15) is 0 Å². The van der Waals surface area contributed by atoms with Gasteiger partial charge < -0.3 is 4.90 Å². The Labute approximate surface area is 130 Å². The maximum atomic E-state index is 12.7. The fraction of sp³-hybridized carbons (Fsp3) is 0.294. The first-order valence-corrected chi connectivity index (χ1v) is 7.48. The summed E-state index contributed by atoms with van der Waals surface area (Å²) in [5.74, 6) is 0.390. The highest BCUT2D eigenvalue weighted by atomic mass is 35.5. The van der Waals surface area contributed by atoms with E-state index in [1.165, 1.54) is 0 Å². The summed E-state index contributed by atoms with van der Waals surface area (Å²) in [7, 11) is 0. The lowest BCUT2D eigenvalue weighted by molar-refractivity contribution is 0.0752. The van der Waals surface area contributed by atoms with Crippen molar-refractivity contribution >= 4 is 17.5 Å². The lowest BCUT2D eigenvalue weighted by atomic mass is 10.1. The maximum absolute atomic E-state index is 12.7. The predicted molar refractivity (Wildman–Crippen MR) is 85.6 cm³/mol. The molecule has 0 saturated carbocycles. The Kier molecular flexibility index (Phi) is 5.34. The third-order valence-electron chi connectivity index (χ3n) is 3.31. The molecule has 0 aliphatic carbocycles. The summed E-state index contributed by atoms with van der Waals surface area (Å²) < 4.78 is 0. The van der Waals surface area contributed by atoms with Crippen molar-refractivity contribution in [2.24, 2.45) is 0 Å². The summed E-state index contributed by atoms with van der Waals surface area (Å²) in [6.07, 6.45) is 0. The number of hydrogen-bond donors (Lipinski definition) is 0. The van der Waals surface area contributed by atoms with Gasteiger partial charge in [0.2, 0.25) is 0 Å². The lowest BCUT2D eigenvalue weighted by Crippen LogP contribution is -2.33. The zero-order chi connectivity index (χ0) is 15.2. The van der Waals surface area contributed by atoms with E-state index in [1.54, 1.807) is 4.90 Å². The van der Waals surface area contributed by atoms with Gasteiger partial charge in [-0.25, -0.2) is 0 Å². The highest BCUT2D eigenvalue weighted by Crippen LogP contribution is 2.13. The van der Waals surface area contributed by atoms with Crippen LogP contribution in [0.4, 0.5) is 0 Å². The summed E-state index contributed by atoms with van der Waals surface area (Å²) in [4.78, 5) is 18.8. The van der Waals surface area contributed by atoms with E-state index in [9.17, 15) is 4.79 Å². The molecule has 2 aromatic rings. The van der Waals surface area contributed by atoms with Crippen molar-refractivity contribution in [1.82, 2.24) is 9.88 Å². The molecule has 4 heteroatoms. The van der Waals surface area contributed by atoms with Crippen LogP contribution in [0.3, 0.4) is 0 Å². The number of hydrogen-bond acceptors (Lipinski definition) is 2. The Morgan fingerprint density at radius 1 is 1.14 bits per heavy atom. The van der Waals surface area contributed by atoms with E-state index < -0.39 is 0 Å². The quantitative estimate of drug-likeness (QED) is 0.791. The molecule has 1 heterocycles. The van der Waals surface area contributed by atoms with Gasteiger partial charge in [-0.15, -0.1) is 11.6 Å². The minimum Gasteiger partial charge on any atom is -0.333 e. The molecule has 1 aromatic carbocycles. The van der Waals surface area contributed by atoms with Crippen LogP contribution >= 0.6 is 11.6 Å². The molecular weight excluding hydrogens is 284 g/mol. The van der Waals surface area contributed by atoms with Crippen molar-refractivity contribution in [1.29, 1.82) is 0 Å². The second kappa shape index (κ2) is 7.23. The van der Waals surface area contributed by atoms with Gasteiger partial charge in [0.05, 0.1) is 11.3 Å². The Balaban J connectivity index is 2.23. The van der Waals surface area contributed by atoms with Gasteiger partial charge in [-0.1, -0.05) is 30.3 Å². The molecule has 0 fully saturated rings. The number of amides is 1. The molecule has 0 N–H and O–H groups in total. The monoisotopic (exact) mass is 302 g/mol. The number of aryl methyl sites for hydroxylation is 2. The number of carbonyl (C=O) groups is 1. The van der Waals surface area contributed by atoms with E-state index in [2.05, 4.69) is 4.98 Å². The number of nitrogens with zero attached hydrogens (tertiary/aromatic N) is 2. The zero-order valence-corrected chi connectivity index (χ0v) is 13.1. The summed E-state index contributed by atoms with van der Waals surface area (Å²) >= 11 is 5.85. The molecule has 1 aromatic heterocycles. The number of benzene rings is 1. The van der Waals surface area contributed by atoms with Crippen LogP contribution in [0.25, 0.3) is 0 Å². The first-order chi connectivity index (χ1) is 10.1. The molecule has 0 radical (unpaired) electrons. The van der Waals surface area contributed by atoms with E-state index in [-0.39, 0.29) is 5.91 Å². The smallest absolute Gasteiger partial charge is 0.256 e. The molecule has 110 valence electrons. The van der Waals surface area contributed by atoms with Crippen LogP contribution < -0.4 is 0 Å². The second-order valence-corrected chi connectivity index (χ2v) is 5.36. The predicted octanol–water partition coefficient (Wildman–Crippen LogP) is 3.58. The zero-order valence-electron chi connectivity index (χ0n) is 12.3. The number of halogens is 1. The highest BCUT2D eigenvalue weighted by Gasteiger charge is 2.18. The average molecular weight is 303 g/mol.